The highest BCUT2D eigenvalue weighted by Gasteiger charge is 2.17. The minimum atomic E-state index is -0.242. The zero-order chi connectivity index (χ0) is 13.4. The van der Waals surface area contributed by atoms with Crippen molar-refractivity contribution >= 4 is 38.6 Å². The zero-order valence-electron chi connectivity index (χ0n) is 10.1. The second-order valence-corrected chi connectivity index (χ2v) is 5.18. The lowest BCUT2D eigenvalue weighted by Crippen LogP contribution is -2.23. The van der Waals surface area contributed by atoms with E-state index in [4.69, 9.17) is 16.3 Å². The number of halogens is 2. The van der Waals surface area contributed by atoms with E-state index in [0.29, 0.717) is 15.5 Å². The minimum absolute atomic E-state index is 0.108. The highest BCUT2D eigenvalue weighted by Crippen LogP contribution is 2.29. The van der Waals surface area contributed by atoms with Gasteiger partial charge < -0.3 is 9.30 Å². The van der Waals surface area contributed by atoms with Gasteiger partial charge in [0.2, 0.25) is 11.0 Å². The first kappa shape index (κ1) is 13.3. The van der Waals surface area contributed by atoms with Crippen LogP contribution in [0, 0.1) is 0 Å². The molecule has 0 atom stereocenters. The van der Waals surface area contributed by atoms with Crippen molar-refractivity contribution in [3.05, 3.63) is 26.3 Å². The Kier molecular flexibility index (Phi) is 3.59. The molecular formula is C11H11BrClN3O2. The van der Waals surface area contributed by atoms with E-state index in [2.05, 4.69) is 25.9 Å². The molecule has 0 aliphatic carbocycles. The zero-order valence-corrected chi connectivity index (χ0v) is 12.4. The second kappa shape index (κ2) is 4.85. The Morgan fingerprint density at radius 3 is 2.78 bits per heavy atom. The van der Waals surface area contributed by atoms with Crippen molar-refractivity contribution in [3.8, 4) is 5.75 Å². The van der Waals surface area contributed by atoms with Crippen molar-refractivity contribution in [1.29, 1.82) is 0 Å². The SMILES string of the molecule is CC(C)Oc1c(Br)c2nc(Cl)ncc2n(C)c1=O. The molecule has 2 rings (SSSR count). The molecule has 18 heavy (non-hydrogen) atoms. The van der Waals surface area contributed by atoms with Crippen molar-refractivity contribution < 1.29 is 4.74 Å². The number of aryl methyl sites for hydroxylation is 1. The maximum absolute atomic E-state index is 12.1. The summed E-state index contributed by atoms with van der Waals surface area (Å²) in [6.45, 7) is 3.70. The van der Waals surface area contributed by atoms with Crippen LogP contribution in [0.2, 0.25) is 5.28 Å². The van der Waals surface area contributed by atoms with Gasteiger partial charge in [-0.15, -0.1) is 0 Å². The molecular weight excluding hydrogens is 321 g/mol. The fourth-order valence-electron chi connectivity index (χ4n) is 1.56. The van der Waals surface area contributed by atoms with E-state index in [9.17, 15) is 4.79 Å². The summed E-state index contributed by atoms with van der Waals surface area (Å²) in [7, 11) is 1.64. The minimum Gasteiger partial charge on any atom is -0.484 e. The summed E-state index contributed by atoms with van der Waals surface area (Å²) in [5.74, 6) is 0.231. The first-order valence-corrected chi connectivity index (χ1v) is 6.46. The highest BCUT2D eigenvalue weighted by molar-refractivity contribution is 9.10. The van der Waals surface area contributed by atoms with Crippen LogP contribution < -0.4 is 10.3 Å². The number of pyridine rings is 1. The standard InChI is InChI=1S/C11H11BrClN3O2/c1-5(2)18-9-7(12)8-6(16(3)10(9)17)4-14-11(13)15-8/h4-5H,1-3H3. The first-order valence-electron chi connectivity index (χ1n) is 5.29. The summed E-state index contributed by atoms with van der Waals surface area (Å²) in [6, 6.07) is 0. The Bertz CT molecular complexity index is 669. The molecule has 0 amide bonds. The van der Waals surface area contributed by atoms with E-state index in [1.807, 2.05) is 13.8 Å². The van der Waals surface area contributed by atoms with Gasteiger partial charge in [-0.1, -0.05) is 0 Å². The van der Waals surface area contributed by atoms with Crippen LogP contribution in [0.1, 0.15) is 13.8 Å². The van der Waals surface area contributed by atoms with Crippen LogP contribution in [0.5, 0.6) is 5.75 Å². The second-order valence-electron chi connectivity index (χ2n) is 4.05. The third-order valence-electron chi connectivity index (χ3n) is 2.36. The van der Waals surface area contributed by atoms with Crippen LogP contribution in [-0.4, -0.2) is 20.6 Å². The van der Waals surface area contributed by atoms with Gasteiger partial charge in [0.25, 0.3) is 5.56 Å². The molecule has 2 aromatic rings. The third kappa shape index (κ3) is 2.22. The van der Waals surface area contributed by atoms with Crippen LogP contribution >= 0.6 is 27.5 Å². The topological polar surface area (TPSA) is 57.0 Å². The molecule has 0 saturated carbocycles. The Morgan fingerprint density at radius 1 is 1.50 bits per heavy atom. The van der Waals surface area contributed by atoms with Crippen LogP contribution in [0.3, 0.4) is 0 Å². The average molecular weight is 333 g/mol. The summed E-state index contributed by atoms with van der Waals surface area (Å²) in [5.41, 5.74) is 0.897. The fraction of sp³-hybridized carbons (Fsp3) is 0.364. The molecule has 0 unspecified atom stereocenters. The largest absolute Gasteiger partial charge is 0.484 e. The average Bonchev–Trinajstić information content (AvgIpc) is 2.31. The van der Waals surface area contributed by atoms with Gasteiger partial charge in [-0.2, -0.15) is 0 Å². The quantitative estimate of drug-likeness (QED) is 0.793. The van der Waals surface area contributed by atoms with Crippen molar-refractivity contribution in [2.45, 2.75) is 20.0 Å². The molecule has 0 saturated heterocycles. The molecule has 0 bridgehead atoms. The molecule has 0 aliphatic rings. The molecule has 0 spiro atoms. The number of rotatable bonds is 2. The summed E-state index contributed by atoms with van der Waals surface area (Å²) >= 11 is 9.11. The highest BCUT2D eigenvalue weighted by atomic mass is 79.9. The summed E-state index contributed by atoms with van der Waals surface area (Å²) in [6.07, 6.45) is 1.40. The van der Waals surface area contributed by atoms with Gasteiger partial charge in [-0.25, -0.2) is 9.97 Å². The molecule has 0 N–H and O–H groups in total. The predicted octanol–water partition coefficient (Wildman–Crippen LogP) is 2.53. The van der Waals surface area contributed by atoms with E-state index in [1.165, 1.54) is 10.8 Å². The van der Waals surface area contributed by atoms with Crippen molar-refractivity contribution in [1.82, 2.24) is 14.5 Å². The molecule has 96 valence electrons. The number of fused-ring (bicyclic) bond motifs is 1. The van der Waals surface area contributed by atoms with Crippen LogP contribution in [0.25, 0.3) is 11.0 Å². The number of hydrogen-bond acceptors (Lipinski definition) is 4. The monoisotopic (exact) mass is 331 g/mol. The van der Waals surface area contributed by atoms with Crippen molar-refractivity contribution in [3.63, 3.8) is 0 Å². The summed E-state index contributed by atoms with van der Waals surface area (Å²) < 4.78 is 7.46. The molecule has 0 radical (unpaired) electrons. The van der Waals surface area contributed by atoms with E-state index in [1.54, 1.807) is 7.05 Å². The van der Waals surface area contributed by atoms with Gasteiger partial charge in [-0.05, 0) is 41.4 Å². The number of ether oxygens (including phenoxy) is 1. The van der Waals surface area contributed by atoms with Gasteiger partial charge in [-0.3, -0.25) is 4.79 Å². The Hall–Kier alpha value is -1.14. The lowest BCUT2D eigenvalue weighted by atomic mass is 10.3. The predicted molar refractivity (Wildman–Crippen MR) is 73.3 cm³/mol. The number of hydrogen-bond donors (Lipinski definition) is 0. The molecule has 0 aromatic carbocycles. The van der Waals surface area contributed by atoms with Crippen LogP contribution in [-0.2, 0) is 7.05 Å². The maximum atomic E-state index is 12.1. The van der Waals surface area contributed by atoms with E-state index >= 15 is 0 Å². The van der Waals surface area contributed by atoms with Crippen molar-refractivity contribution in [2.24, 2.45) is 7.05 Å². The van der Waals surface area contributed by atoms with Crippen LogP contribution in [0.15, 0.2) is 15.5 Å². The molecule has 0 fully saturated rings. The summed E-state index contributed by atoms with van der Waals surface area (Å²) in [5, 5.41) is 0.123. The molecule has 2 aromatic heterocycles. The van der Waals surface area contributed by atoms with Crippen molar-refractivity contribution in [2.75, 3.05) is 0 Å². The smallest absolute Gasteiger partial charge is 0.294 e. The van der Waals surface area contributed by atoms with Gasteiger partial charge in [0.05, 0.1) is 22.3 Å². The Morgan fingerprint density at radius 2 is 2.17 bits per heavy atom. The Balaban J connectivity index is 2.84. The van der Waals surface area contributed by atoms with Gasteiger partial charge in [0, 0.05) is 7.05 Å². The number of aromatic nitrogens is 3. The van der Waals surface area contributed by atoms with E-state index in [-0.39, 0.29) is 22.7 Å². The maximum Gasteiger partial charge on any atom is 0.294 e. The normalized spacial score (nSPS) is 11.2. The number of nitrogens with zero attached hydrogens (tertiary/aromatic N) is 3. The lowest BCUT2D eigenvalue weighted by Gasteiger charge is -2.14. The Labute approximate surface area is 117 Å². The lowest BCUT2D eigenvalue weighted by molar-refractivity contribution is 0.236. The van der Waals surface area contributed by atoms with Gasteiger partial charge in [0.15, 0.2) is 0 Å². The van der Waals surface area contributed by atoms with E-state index < -0.39 is 0 Å². The third-order valence-corrected chi connectivity index (χ3v) is 3.28. The molecule has 5 nitrogen and oxygen atoms in total. The molecule has 0 aliphatic heterocycles. The summed E-state index contributed by atoms with van der Waals surface area (Å²) in [4.78, 5) is 20.1. The van der Waals surface area contributed by atoms with E-state index in [0.717, 1.165) is 0 Å². The van der Waals surface area contributed by atoms with Crippen LogP contribution in [0.4, 0.5) is 0 Å². The fourth-order valence-corrected chi connectivity index (χ4v) is 2.25. The van der Waals surface area contributed by atoms with Gasteiger partial charge in [0.1, 0.15) is 5.52 Å². The van der Waals surface area contributed by atoms with Gasteiger partial charge >= 0.3 is 0 Å². The first-order chi connectivity index (χ1) is 8.41. The molecule has 2 heterocycles. The molecule has 7 heteroatoms.